The minimum absolute atomic E-state index is 0.175. The first-order chi connectivity index (χ1) is 12.6. The van der Waals surface area contributed by atoms with Crippen molar-refractivity contribution in [1.29, 1.82) is 0 Å². The van der Waals surface area contributed by atoms with Crippen molar-refractivity contribution in [2.24, 2.45) is 0 Å². The summed E-state index contributed by atoms with van der Waals surface area (Å²) in [4.78, 5) is 28.3. The van der Waals surface area contributed by atoms with E-state index >= 15 is 0 Å². The third-order valence-electron chi connectivity index (χ3n) is 3.68. The molecular weight excluding hydrogens is 337 g/mol. The number of ether oxygens (including phenoxy) is 1. The number of carbonyl (C=O) groups is 2. The van der Waals surface area contributed by atoms with E-state index in [-0.39, 0.29) is 23.3 Å². The van der Waals surface area contributed by atoms with E-state index in [0.29, 0.717) is 38.1 Å². The molecule has 26 heavy (non-hydrogen) atoms. The normalized spacial score (nSPS) is 10.4. The predicted molar refractivity (Wildman–Crippen MR) is 95.5 cm³/mol. The lowest BCUT2D eigenvalue weighted by Gasteiger charge is -2.07. The van der Waals surface area contributed by atoms with Crippen molar-refractivity contribution in [1.82, 2.24) is 15.6 Å². The number of amides is 2. The molecular formula is C19H22FN3O3. The Kier molecular flexibility index (Phi) is 7.70. The molecule has 6 nitrogen and oxygen atoms in total. The lowest BCUT2D eigenvalue weighted by Crippen LogP contribution is -2.28. The maximum atomic E-state index is 12.9. The van der Waals surface area contributed by atoms with Crippen LogP contribution in [0.2, 0.25) is 0 Å². The number of hydrogen-bond acceptors (Lipinski definition) is 4. The summed E-state index contributed by atoms with van der Waals surface area (Å²) >= 11 is 0. The number of nitrogens with zero attached hydrogens (tertiary/aromatic N) is 1. The molecule has 7 heteroatoms. The van der Waals surface area contributed by atoms with Crippen LogP contribution < -0.4 is 10.6 Å². The van der Waals surface area contributed by atoms with Crippen LogP contribution in [0, 0.1) is 5.82 Å². The Morgan fingerprint density at radius 2 is 1.81 bits per heavy atom. The van der Waals surface area contributed by atoms with Crippen LogP contribution in [-0.2, 0) is 11.2 Å². The molecule has 0 atom stereocenters. The van der Waals surface area contributed by atoms with Crippen molar-refractivity contribution in [3.8, 4) is 0 Å². The first kappa shape index (κ1) is 19.5. The Hall–Kier alpha value is -2.80. The molecule has 138 valence electrons. The summed E-state index contributed by atoms with van der Waals surface area (Å²) in [6.07, 6.45) is 2.72. The van der Waals surface area contributed by atoms with Crippen LogP contribution in [0.4, 0.5) is 4.39 Å². The third-order valence-corrected chi connectivity index (χ3v) is 3.68. The summed E-state index contributed by atoms with van der Waals surface area (Å²) in [6.45, 7) is 1.45. The van der Waals surface area contributed by atoms with Crippen molar-refractivity contribution in [2.75, 3.05) is 26.8 Å². The molecule has 1 aromatic heterocycles. The molecule has 0 spiro atoms. The van der Waals surface area contributed by atoms with Crippen molar-refractivity contribution in [3.05, 3.63) is 65.2 Å². The second-order valence-corrected chi connectivity index (χ2v) is 5.66. The maximum absolute atomic E-state index is 12.9. The quantitative estimate of drug-likeness (QED) is 0.671. The van der Waals surface area contributed by atoms with Gasteiger partial charge in [-0.15, -0.1) is 0 Å². The minimum Gasteiger partial charge on any atom is -0.385 e. The number of methoxy groups -OCH3 is 1. The zero-order chi connectivity index (χ0) is 18.8. The predicted octanol–water partition coefficient (Wildman–Crippen LogP) is 1.96. The van der Waals surface area contributed by atoms with Crippen LogP contribution in [0.1, 0.15) is 32.8 Å². The van der Waals surface area contributed by atoms with E-state index in [0.717, 1.165) is 5.56 Å². The monoisotopic (exact) mass is 359 g/mol. The second kappa shape index (κ2) is 10.2. The number of carbonyl (C=O) groups excluding carboxylic acids is 2. The van der Waals surface area contributed by atoms with Gasteiger partial charge in [0.1, 0.15) is 11.5 Å². The molecule has 0 bridgehead atoms. The van der Waals surface area contributed by atoms with Gasteiger partial charge in [-0.2, -0.15) is 0 Å². The maximum Gasteiger partial charge on any atom is 0.269 e. The van der Waals surface area contributed by atoms with E-state index in [2.05, 4.69) is 15.6 Å². The highest BCUT2D eigenvalue weighted by Crippen LogP contribution is 2.04. The van der Waals surface area contributed by atoms with Crippen molar-refractivity contribution in [2.45, 2.75) is 12.8 Å². The molecule has 0 saturated heterocycles. The zero-order valence-corrected chi connectivity index (χ0v) is 14.6. The van der Waals surface area contributed by atoms with E-state index in [1.165, 1.54) is 24.4 Å². The van der Waals surface area contributed by atoms with Gasteiger partial charge in [-0.25, -0.2) is 4.39 Å². The van der Waals surface area contributed by atoms with Gasteiger partial charge in [0.05, 0.1) is 0 Å². The highest BCUT2D eigenvalue weighted by Gasteiger charge is 2.11. The van der Waals surface area contributed by atoms with Gasteiger partial charge in [0.25, 0.3) is 11.8 Å². The van der Waals surface area contributed by atoms with Gasteiger partial charge in [0.2, 0.25) is 0 Å². The van der Waals surface area contributed by atoms with Gasteiger partial charge in [0, 0.05) is 38.6 Å². The summed E-state index contributed by atoms with van der Waals surface area (Å²) < 4.78 is 17.8. The Bertz CT molecular complexity index is 735. The fourth-order valence-electron chi connectivity index (χ4n) is 2.28. The lowest BCUT2D eigenvalue weighted by molar-refractivity contribution is 0.0948. The van der Waals surface area contributed by atoms with Crippen molar-refractivity contribution >= 4 is 11.8 Å². The van der Waals surface area contributed by atoms with Crippen LogP contribution >= 0.6 is 0 Å². The van der Waals surface area contributed by atoms with Gasteiger partial charge >= 0.3 is 0 Å². The molecule has 0 aliphatic heterocycles. The fraction of sp³-hybridized carbons (Fsp3) is 0.316. The molecule has 1 aromatic carbocycles. The van der Waals surface area contributed by atoms with E-state index in [9.17, 15) is 14.0 Å². The van der Waals surface area contributed by atoms with Gasteiger partial charge in [-0.3, -0.25) is 14.6 Å². The summed E-state index contributed by atoms with van der Waals surface area (Å²) in [7, 11) is 1.60. The molecule has 0 fully saturated rings. The van der Waals surface area contributed by atoms with Crippen molar-refractivity contribution < 1.29 is 18.7 Å². The topological polar surface area (TPSA) is 80.3 Å². The lowest BCUT2D eigenvalue weighted by atomic mass is 10.1. The number of nitrogens with one attached hydrogen (secondary N) is 2. The molecule has 0 radical (unpaired) electrons. The zero-order valence-electron chi connectivity index (χ0n) is 14.6. The summed E-state index contributed by atoms with van der Waals surface area (Å²) in [6, 6.07) is 9.13. The highest BCUT2D eigenvalue weighted by molar-refractivity contribution is 5.98. The third kappa shape index (κ3) is 6.25. The van der Waals surface area contributed by atoms with Crippen LogP contribution in [0.3, 0.4) is 0 Å². The first-order valence-corrected chi connectivity index (χ1v) is 8.36. The number of rotatable bonds is 9. The van der Waals surface area contributed by atoms with Crippen molar-refractivity contribution in [3.63, 3.8) is 0 Å². The van der Waals surface area contributed by atoms with Gasteiger partial charge in [-0.1, -0.05) is 12.1 Å². The second-order valence-electron chi connectivity index (χ2n) is 5.66. The Balaban J connectivity index is 1.84. The molecule has 2 N–H and O–H groups in total. The molecule has 2 aromatic rings. The highest BCUT2D eigenvalue weighted by atomic mass is 19.1. The Labute approximate surface area is 151 Å². The average Bonchev–Trinajstić information content (AvgIpc) is 2.66. The van der Waals surface area contributed by atoms with Gasteiger partial charge in [-0.05, 0) is 42.7 Å². The average molecular weight is 359 g/mol. The fourth-order valence-corrected chi connectivity index (χ4v) is 2.28. The smallest absolute Gasteiger partial charge is 0.269 e. The van der Waals surface area contributed by atoms with Gasteiger partial charge < -0.3 is 15.4 Å². The van der Waals surface area contributed by atoms with Crippen LogP contribution in [0.15, 0.2) is 42.6 Å². The molecule has 0 aliphatic rings. The summed E-state index contributed by atoms with van der Waals surface area (Å²) in [5, 5.41) is 5.50. The molecule has 0 unspecified atom stereocenters. The van der Waals surface area contributed by atoms with Crippen LogP contribution in [-0.4, -0.2) is 43.6 Å². The first-order valence-electron chi connectivity index (χ1n) is 8.36. The minimum atomic E-state index is -0.360. The van der Waals surface area contributed by atoms with E-state index < -0.39 is 0 Å². The summed E-state index contributed by atoms with van der Waals surface area (Å²) in [5.74, 6) is -0.913. The largest absolute Gasteiger partial charge is 0.385 e. The standard InChI is InChI=1S/C19H22FN3O3/c1-26-12-2-9-22-18(24)15-8-11-21-17(13-15)19(25)23-10-7-14-3-5-16(20)6-4-14/h3-6,8,11,13H,2,7,9-10,12H2,1H3,(H,22,24)(H,23,25). The Morgan fingerprint density at radius 3 is 2.54 bits per heavy atom. The van der Waals surface area contributed by atoms with Crippen LogP contribution in [0.25, 0.3) is 0 Å². The molecule has 2 amide bonds. The van der Waals surface area contributed by atoms with Gasteiger partial charge in [0.15, 0.2) is 0 Å². The molecule has 2 rings (SSSR count). The van der Waals surface area contributed by atoms with E-state index in [1.807, 2.05) is 0 Å². The van der Waals surface area contributed by atoms with Crippen LogP contribution in [0.5, 0.6) is 0 Å². The summed E-state index contributed by atoms with van der Waals surface area (Å²) in [5.41, 5.74) is 1.47. The van der Waals surface area contributed by atoms with E-state index in [4.69, 9.17) is 4.74 Å². The number of hydrogen-bond donors (Lipinski definition) is 2. The molecule has 1 heterocycles. The molecule has 0 aliphatic carbocycles. The number of benzene rings is 1. The number of pyridine rings is 1. The number of halogens is 1. The SMILES string of the molecule is COCCCNC(=O)c1ccnc(C(=O)NCCc2ccc(F)cc2)c1. The molecule has 0 saturated carbocycles. The Morgan fingerprint density at radius 1 is 1.08 bits per heavy atom. The van der Waals surface area contributed by atoms with E-state index in [1.54, 1.807) is 25.3 Å². The number of aromatic nitrogens is 1.